The first-order valence-corrected chi connectivity index (χ1v) is 6.50. The van der Waals surface area contributed by atoms with Crippen LogP contribution in [-0.2, 0) is 11.2 Å². The summed E-state index contributed by atoms with van der Waals surface area (Å²) < 4.78 is 5.27. The maximum atomic E-state index is 11.8. The number of carbonyl (C=O) groups excluding carboxylic acids is 1. The van der Waals surface area contributed by atoms with Crippen LogP contribution in [0.3, 0.4) is 0 Å². The van der Waals surface area contributed by atoms with Crippen molar-refractivity contribution < 1.29 is 9.53 Å². The normalized spacial score (nSPS) is 10.5. The molecule has 0 fully saturated rings. The second-order valence-electron chi connectivity index (χ2n) is 4.49. The molecule has 0 saturated heterocycles. The summed E-state index contributed by atoms with van der Waals surface area (Å²) in [4.78, 5) is 11.8. The number of hydrogen-bond acceptors (Lipinski definition) is 3. The van der Waals surface area contributed by atoms with Gasteiger partial charge in [-0.25, -0.2) is 0 Å². The fourth-order valence-corrected chi connectivity index (χ4v) is 1.76. The van der Waals surface area contributed by atoms with Gasteiger partial charge >= 0.3 is 5.97 Å². The molecule has 0 amide bonds. The number of nitrogens with one attached hydrogen (secondary N) is 1. The first-order chi connectivity index (χ1) is 10.1. The van der Waals surface area contributed by atoms with E-state index in [0.717, 1.165) is 11.1 Å². The Bertz CT molecular complexity index is 646. The van der Waals surface area contributed by atoms with Crippen LogP contribution in [0.2, 0.25) is 0 Å². The quantitative estimate of drug-likeness (QED) is 0.383. The maximum absolute atomic E-state index is 11.8. The van der Waals surface area contributed by atoms with Gasteiger partial charge in [-0.1, -0.05) is 48.5 Å². The van der Waals surface area contributed by atoms with Crippen molar-refractivity contribution in [3.8, 4) is 5.75 Å². The van der Waals surface area contributed by atoms with Gasteiger partial charge in [0.15, 0.2) is 0 Å². The Morgan fingerprint density at radius 3 is 2.38 bits per heavy atom. The summed E-state index contributed by atoms with van der Waals surface area (Å²) in [6.45, 7) is 0. The molecule has 0 aliphatic heterocycles. The zero-order valence-electron chi connectivity index (χ0n) is 11.5. The molecule has 0 spiro atoms. The van der Waals surface area contributed by atoms with E-state index in [1.807, 2.05) is 30.3 Å². The Hall–Kier alpha value is -2.88. The zero-order chi connectivity index (χ0) is 15.1. The topological polar surface area (TPSA) is 76.2 Å². The van der Waals surface area contributed by atoms with E-state index < -0.39 is 0 Å². The van der Waals surface area contributed by atoms with Crippen LogP contribution in [0.25, 0.3) is 6.08 Å². The number of rotatable bonds is 5. The van der Waals surface area contributed by atoms with Crippen molar-refractivity contribution >= 4 is 17.9 Å². The van der Waals surface area contributed by atoms with Crippen molar-refractivity contribution in [1.82, 2.24) is 0 Å². The minimum Gasteiger partial charge on any atom is -0.426 e. The second kappa shape index (κ2) is 7.05. The molecule has 3 N–H and O–H groups in total. The number of benzene rings is 2. The molecule has 4 heteroatoms. The smallest absolute Gasteiger partial charge is 0.315 e. The summed E-state index contributed by atoms with van der Waals surface area (Å²) in [5, 5.41) is 7.11. The largest absolute Gasteiger partial charge is 0.426 e. The number of amidine groups is 1. The third kappa shape index (κ3) is 4.95. The van der Waals surface area contributed by atoms with Gasteiger partial charge in [-0.2, -0.15) is 0 Å². The fraction of sp³-hybridized carbons (Fsp3) is 0.0588. The Labute approximate surface area is 123 Å². The molecule has 2 aromatic rings. The number of carbonyl (C=O) groups is 1. The van der Waals surface area contributed by atoms with Gasteiger partial charge in [-0.05, 0) is 29.3 Å². The van der Waals surface area contributed by atoms with E-state index >= 15 is 0 Å². The molecular formula is C17H16N2O2. The highest BCUT2D eigenvalue weighted by Gasteiger charge is 2.05. The summed E-state index contributed by atoms with van der Waals surface area (Å²) in [6.07, 6.45) is 3.46. The zero-order valence-corrected chi connectivity index (χ0v) is 11.5. The highest BCUT2D eigenvalue weighted by atomic mass is 16.5. The van der Waals surface area contributed by atoms with Crippen LogP contribution in [0.4, 0.5) is 0 Å². The molecule has 0 aliphatic carbocycles. The summed E-state index contributed by atoms with van der Waals surface area (Å²) in [7, 11) is 0. The molecule has 2 aromatic carbocycles. The highest BCUT2D eigenvalue weighted by Crippen LogP contribution is 2.14. The molecule has 0 aromatic heterocycles. The lowest BCUT2D eigenvalue weighted by Gasteiger charge is -2.04. The van der Waals surface area contributed by atoms with E-state index in [1.165, 1.54) is 6.08 Å². The summed E-state index contributed by atoms with van der Waals surface area (Å²) in [5.74, 6) is 0.192. The Kier molecular flexibility index (Phi) is 4.88. The third-order valence-corrected chi connectivity index (χ3v) is 2.76. The van der Waals surface area contributed by atoms with Gasteiger partial charge in [0.25, 0.3) is 0 Å². The van der Waals surface area contributed by atoms with E-state index in [4.69, 9.17) is 15.9 Å². The van der Waals surface area contributed by atoms with E-state index in [9.17, 15) is 4.79 Å². The van der Waals surface area contributed by atoms with Gasteiger partial charge in [-0.15, -0.1) is 0 Å². The van der Waals surface area contributed by atoms with Gasteiger partial charge in [0.05, 0.1) is 6.42 Å². The van der Waals surface area contributed by atoms with Crippen molar-refractivity contribution in [2.75, 3.05) is 0 Å². The Balaban J connectivity index is 1.94. The molecule has 0 atom stereocenters. The molecular weight excluding hydrogens is 264 g/mol. The van der Waals surface area contributed by atoms with Gasteiger partial charge in [0.2, 0.25) is 0 Å². The lowest BCUT2D eigenvalue weighted by Crippen LogP contribution is -2.11. The second-order valence-corrected chi connectivity index (χ2v) is 4.49. The number of hydrogen-bond donors (Lipinski definition) is 2. The lowest BCUT2D eigenvalue weighted by molar-refractivity contribution is -0.133. The van der Waals surface area contributed by atoms with E-state index in [0.29, 0.717) is 5.75 Å². The fourth-order valence-electron chi connectivity index (χ4n) is 1.76. The lowest BCUT2D eigenvalue weighted by atomic mass is 10.1. The van der Waals surface area contributed by atoms with Crippen LogP contribution >= 0.6 is 0 Å². The van der Waals surface area contributed by atoms with E-state index in [1.54, 1.807) is 30.3 Å². The minimum absolute atomic E-state index is 0.00614. The highest BCUT2D eigenvalue weighted by molar-refractivity contribution is 5.92. The number of esters is 1. The minimum atomic E-state index is -0.298. The van der Waals surface area contributed by atoms with E-state index in [-0.39, 0.29) is 18.2 Å². The maximum Gasteiger partial charge on any atom is 0.315 e. The standard InChI is InChI=1S/C17H16N2O2/c18-16(19)11-8-13-6-9-15(10-7-13)21-17(20)12-14-4-2-1-3-5-14/h1-11H,12H2,(H3,18,19). The molecule has 0 heterocycles. The van der Waals surface area contributed by atoms with Crippen LogP contribution < -0.4 is 10.5 Å². The van der Waals surface area contributed by atoms with Crippen molar-refractivity contribution in [2.24, 2.45) is 5.73 Å². The van der Waals surface area contributed by atoms with Crippen LogP contribution in [0.1, 0.15) is 11.1 Å². The van der Waals surface area contributed by atoms with Crippen LogP contribution in [0.5, 0.6) is 5.75 Å². The molecule has 4 nitrogen and oxygen atoms in total. The molecule has 21 heavy (non-hydrogen) atoms. The van der Waals surface area contributed by atoms with Crippen LogP contribution in [0, 0.1) is 5.41 Å². The average molecular weight is 280 g/mol. The SMILES string of the molecule is N=C(N)C=Cc1ccc(OC(=O)Cc2ccccc2)cc1. The molecule has 0 aliphatic rings. The van der Waals surface area contributed by atoms with Gasteiger partial charge in [0, 0.05) is 0 Å². The Morgan fingerprint density at radius 2 is 1.76 bits per heavy atom. The molecule has 0 saturated carbocycles. The van der Waals surface area contributed by atoms with Crippen LogP contribution in [-0.4, -0.2) is 11.8 Å². The molecule has 0 unspecified atom stereocenters. The molecule has 106 valence electrons. The van der Waals surface area contributed by atoms with Gasteiger partial charge in [-0.3, -0.25) is 10.2 Å². The van der Waals surface area contributed by atoms with Gasteiger partial charge < -0.3 is 10.5 Å². The van der Waals surface area contributed by atoms with Crippen molar-refractivity contribution in [1.29, 1.82) is 5.41 Å². The van der Waals surface area contributed by atoms with Gasteiger partial charge in [0.1, 0.15) is 11.6 Å². The van der Waals surface area contributed by atoms with Crippen molar-refractivity contribution in [3.05, 3.63) is 71.8 Å². The van der Waals surface area contributed by atoms with Crippen molar-refractivity contribution in [2.45, 2.75) is 6.42 Å². The first kappa shape index (κ1) is 14.5. The summed E-state index contributed by atoms with van der Waals surface area (Å²) in [6, 6.07) is 16.5. The first-order valence-electron chi connectivity index (χ1n) is 6.50. The Morgan fingerprint density at radius 1 is 1.10 bits per heavy atom. The molecule has 0 bridgehead atoms. The molecule has 2 rings (SSSR count). The monoisotopic (exact) mass is 280 g/mol. The summed E-state index contributed by atoms with van der Waals surface area (Å²) >= 11 is 0. The number of ether oxygens (including phenoxy) is 1. The average Bonchev–Trinajstić information content (AvgIpc) is 2.47. The van der Waals surface area contributed by atoms with Crippen molar-refractivity contribution in [3.63, 3.8) is 0 Å². The van der Waals surface area contributed by atoms with Crippen LogP contribution in [0.15, 0.2) is 60.7 Å². The predicted molar refractivity (Wildman–Crippen MR) is 83.2 cm³/mol. The van der Waals surface area contributed by atoms with E-state index in [2.05, 4.69) is 0 Å². The number of nitrogens with two attached hydrogens (primary N) is 1. The third-order valence-electron chi connectivity index (χ3n) is 2.76. The summed E-state index contributed by atoms with van der Waals surface area (Å²) in [5.41, 5.74) is 7.04. The molecule has 0 radical (unpaired) electrons. The predicted octanol–water partition coefficient (Wildman–Crippen LogP) is 2.78.